The smallest absolute Gasteiger partial charge is 0.271 e. The van der Waals surface area contributed by atoms with Crippen LogP contribution in [0.3, 0.4) is 0 Å². The Bertz CT molecular complexity index is 1020. The largest absolute Gasteiger partial charge is 0.463 e. The molecule has 3 aromatic rings. The zero-order valence-electron chi connectivity index (χ0n) is 14.2. The molecule has 27 heavy (non-hydrogen) atoms. The number of benzene rings is 2. The summed E-state index contributed by atoms with van der Waals surface area (Å²) in [6.07, 6.45) is -0.958. The van der Waals surface area contributed by atoms with Gasteiger partial charge in [0.25, 0.3) is 11.5 Å². The van der Waals surface area contributed by atoms with Crippen molar-refractivity contribution in [2.75, 3.05) is 5.32 Å². The van der Waals surface area contributed by atoms with Crippen molar-refractivity contribution in [3.63, 3.8) is 0 Å². The number of hydrogen-bond donors (Lipinski definition) is 1. The number of nitrogens with one attached hydrogen (secondary N) is 1. The topological polar surface area (TPSA) is 73.2 Å². The molecule has 0 unspecified atom stereocenters. The Morgan fingerprint density at radius 3 is 2.52 bits per heavy atom. The average Bonchev–Trinajstić information content (AvgIpc) is 2.64. The van der Waals surface area contributed by atoms with Crippen molar-refractivity contribution in [2.24, 2.45) is 0 Å². The highest BCUT2D eigenvalue weighted by Gasteiger charge is 2.16. The van der Waals surface area contributed by atoms with Crippen LogP contribution in [-0.4, -0.2) is 21.8 Å². The summed E-state index contributed by atoms with van der Waals surface area (Å²) in [5.74, 6) is -1.40. The van der Waals surface area contributed by atoms with E-state index in [9.17, 15) is 18.4 Å². The lowest BCUT2D eigenvalue weighted by molar-refractivity contribution is -0.122. The third-order valence-electron chi connectivity index (χ3n) is 3.61. The van der Waals surface area contributed by atoms with E-state index < -0.39 is 29.2 Å². The van der Waals surface area contributed by atoms with E-state index in [0.29, 0.717) is 11.4 Å². The minimum atomic E-state index is -0.958. The number of carbonyl (C=O) groups is 1. The van der Waals surface area contributed by atoms with Crippen LogP contribution >= 0.6 is 0 Å². The Hall–Kier alpha value is -3.55. The molecule has 138 valence electrons. The monoisotopic (exact) mass is 371 g/mol. The van der Waals surface area contributed by atoms with E-state index in [1.807, 2.05) is 0 Å². The summed E-state index contributed by atoms with van der Waals surface area (Å²) in [6.45, 7) is 1.49. The minimum Gasteiger partial charge on any atom is -0.463 e. The van der Waals surface area contributed by atoms with E-state index in [0.717, 1.165) is 4.68 Å². The summed E-state index contributed by atoms with van der Waals surface area (Å²) in [5, 5.41) is 6.56. The molecule has 0 saturated heterocycles. The lowest BCUT2D eigenvalue weighted by atomic mass is 10.3. The number of nitrogens with zero attached hydrogens (tertiary/aromatic N) is 2. The molecule has 1 amide bonds. The fourth-order valence-corrected chi connectivity index (χ4v) is 2.27. The van der Waals surface area contributed by atoms with Gasteiger partial charge in [0.1, 0.15) is 11.6 Å². The van der Waals surface area contributed by atoms with Crippen LogP contribution in [0.25, 0.3) is 5.69 Å². The van der Waals surface area contributed by atoms with Gasteiger partial charge in [0.15, 0.2) is 6.10 Å². The number of hydrogen-bond acceptors (Lipinski definition) is 4. The molecule has 1 aromatic heterocycles. The summed E-state index contributed by atoms with van der Waals surface area (Å²) in [7, 11) is 0. The van der Waals surface area contributed by atoms with E-state index in [1.165, 1.54) is 61.5 Å². The van der Waals surface area contributed by atoms with Gasteiger partial charge in [-0.3, -0.25) is 9.59 Å². The van der Waals surface area contributed by atoms with Gasteiger partial charge in [-0.1, -0.05) is 6.07 Å². The number of amides is 1. The van der Waals surface area contributed by atoms with Gasteiger partial charge < -0.3 is 10.1 Å². The van der Waals surface area contributed by atoms with Gasteiger partial charge in [0.05, 0.1) is 5.69 Å². The second kappa shape index (κ2) is 7.77. The normalized spacial score (nSPS) is 11.7. The van der Waals surface area contributed by atoms with E-state index in [2.05, 4.69) is 10.4 Å². The lowest BCUT2D eigenvalue weighted by Crippen LogP contribution is -2.31. The Morgan fingerprint density at radius 1 is 1.07 bits per heavy atom. The average molecular weight is 371 g/mol. The van der Waals surface area contributed by atoms with Gasteiger partial charge in [-0.2, -0.15) is 4.68 Å². The fraction of sp³-hybridized carbons (Fsp3) is 0.105. The van der Waals surface area contributed by atoms with Crippen molar-refractivity contribution >= 4 is 11.6 Å². The van der Waals surface area contributed by atoms with Crippen molar-refractivity contribution in [1.29, 1.82) is 0 Å². The van der Waals surface area contributed by atoms with Crippen molar-refractivity contribution in [3.05, 3.63) is 82.7 Å². The maximum atomic E-state index is 13.2. The number of rotatable bonds is 5. The number of carbonyl (C=O) groups excluding carboxylic acids is 1. The second-order valence-electron chi connectivity index (χ2n) is 5.66. The number of anilines is 1. The Balaban J connectivity index is 1.75. The van der Waals surface area contributed by atoms with Crippen molar-refractivity contribution in [1.82, 2.24) is 9.78 Å². The second-order valence-corrected chi connectivity index (χ2v) is 5.66. The number of ether oxygens (including phenoxy) is 1. The first-order valence-electron chi connectivity index (χ1n) is 8.02. The van der Waals surface area contributed by atoms with Crippen LogP contribution in [0.2, 0.25) is 0 Å². The molecule has 1 N–H and O–H groups in total. The molecular formula is C19H15F2N3O3. The summed E-state index contributed by atoms with van der Waals surface area (Å²) in [5.41, 5.74) is 0.203. The molecule has 1 heterocycles. The summed E-state index contributed by atoms with van der Waals surface area (Å²) in [4.78, 5) is 24.2. The third kappa shape index (κ3) is 4.55. The third-order valence-corrected chi connectivity index (χ3v) is 3.61. The molecule has 0 spiro atoms. The van der Waals surface area contributed by atoms with Crippen LogP contribution in [0, 0.1) is 11.6 Å². The molecule has 0 radical (unpaired) electrons. The van der Waals surface area contributed by atoms with E-state index in [-0.39, 0.29) is 5.88 Å². The first-order chi connectivity index (χ1) is 12.9. The SMILES string of the molecule is C[C@@H](Oc1ccc(=O)n(-c2ccc(F)cc2)n1)C(=O)Nc1cccc(F)c1. The highest BCUT2D eigenvalue weighted by Crippen LogP contribution is 2.13. The van der Waals surface area contributed by atoms with Gasteiger partial charge >= 0.3 is 0 Å². The maximum absolute atomic E-state index is 13.2. The zero-order valence-corrected chi connectivity index (χ0v) is 14.2. The molecule has 0 aliphatic rings. The summed E-state index contributed by atoms with van der Waals surface area (Å²) >= 11 is 0. The standard InChI is InChI=1S/C19H15F2N3O3/c1-12(19(26)22-15-4-2-3-14(21)11-15)27-17-9-10-18(25)24(23-17)16-7-5-13(20)6-8-16/h2-12H,1H3,(H,22,26)/t12-/m1/s1. The predicted molar refractivity (Wildman–Crippen MR) is 94.9 cm³/mol. The molecule has 0 aliphatic carbocycles. The zero-order chi connectivity index (χ0) is 19.4. The van der Waals surface area contributed by atoms with Crippen LogP contribution in [-0.2, 0) is 4.79 Å². The first-order valence-corrected chi connectivity index (χ1v) is 8.02. The van der Waals surface area contributed by atoms with E-state index in [1.54, 1.807) is 6.07 Å². The van der Waals surface area contributed by atoms with Gasteiger partial charge in [-0.15, -0.1) is 5.10 Å². The van der Waals surface area contributed by atoms with Gasteiger partial charge in [-0.05, 0) is 49.4 Å². The Morgan fingerprint density at radius 2 is 1.81 bits per heavy atom. The Kier molecular flexibility index (Phi) is 5.25. The molecule has 2 aromatic carbocycles. The lowest BCUT2D eigenvalue weighted by Gasteiger charge is -2.15. The van der Waals surface area contributed by atoms with Gasteiger partial charge in [0, 0.05) is 17.8 Å². The van der Waals surface area contributed by atoms with E-state index in [4.69, 9.17) is 4.74 Å². The van der Waals surface area contributed by atoms with Gasteiger partial charge in [-0.25, -0.2) is 8.78 Å². The van der Waals surface area contributed by atoms with Gasteiger partial charge in [0.2, 0.25) is 5.88 Å². The van der Waals surface area contributed by atoms with E-state index >= 15 is 0 Å². The number of halogens is 2. The van der Waals surface area contributed by atoms with Crippen LogP contribution in [0.5, 0.6) is 5.88 Å². The van der Waals surface area contributed by atoms with Crippen molar-refractivity contribution in [2.45, 2.75) is 13.0 Å². The highest BCUT2D eigenvalue weighted by molar-refractivity contribution is 5.94. The summed E-state index contributed by atoms with van der Waals surface area (Å²) < 4.78 is 32.7. The molecule has 0 saturated carbocycles. The van der Waals surface area contributed by atoms with Crippen LogP contribution < -0.4 is 15.6 Å². The van der Waals surface area contributed by atoms with Crippen molar-refractivity contribution in [3.8, 4) is 11.6 Å². The molecule has 0 bridgehead atoms. The summed E-state index contributed by atoms with van der Waals surface area (Å²) in [6, 6.07) is 13.2. The molecule has 0 aliphatic heterocycles. The first kappa shape index (κ1) is 18.2. The molecule has 1 atom stereocenters. The quantitative estimate of drug-likeness (QED) is 0.749. The molecule has 8 heteroatoms. The minimum absolute atomic E-state index is 0.0285. The Labute approximate surface area is 153 Å². The molecule has 6 nitrogen and oxygen atoms in total. The fourth-order valence-electron chi connectivity index (χ4n) is 2.27. The maximum Gasteiger partial charge on any atom is 0.271 e. The molecular weight excluding hydrogens is 356 g/mol. The highest BCUT2D eigenvalue weighted by atomic mass is 19.1. The van der Waals surface area contributed by atoms with Crippen LogP contribution in [0.4, 0.5) is 14.5 Å². The van der Waals surface area contributed by atoms with Crippen LogP contribution in [0.1, 0.15) is 6.92 Å². The molecule has 0 fully saturated rings. The molecule has 3 rings (SSSR count). The number of aromatic nitrogens is 2. The predicted octanol–water partition coefficient (Wildman–Crippen LogP) is 2.92. The van der Waals surface area contributed by atoms with Crippen LogP contribution in [0.15, 0.2) is 65.5 Å². The van der Waals surface area contributed by atoms with Crippen molar-refractivity contribution < 1.29 is 18.3 Å².